The molecule has 30 heavy (non-hydrogen) atoms. The molecule has 2 aromatic carbocycles. The van der Waals surface area contributed by atoms with Gasteiger partial charge in [0.1, 0.15) is 17.2 Å². The van der Waals surface area contributed by atoms with Gasteiger partial charge in [0.15, 0.2) is 0 Å². The van der Waals surface area contributed by atoms with Gasteiger partial charge in [-0.05, 0) is 36.8 Å². The minimum Gasteiger partial charge on any atom is -0.478 e. The van der Waals surface area contributed by atoms with Crippen LogP contribution in [-0.4, -0.2) is 27.9 Å². The van der Waals surface area contributed by atoms with Crippen molar-refractivity contribution in [2.24, 2.45) is 0 Å². The van der Waals surface area contributed by atoms with Crippen LogP contribution < -0.4 is 5.32 Å². The van der Waals surface area contributed by atoms with Gasteiger partial charge in [-0.1, -0.05) is 42.0 Å². The predicted octanol–water partition coefficient (Wildman–Crippen LogP) is 4.05. The van der Waals surface area contributed by atoms with Crippen molar-refractivity contribution in [1.29, 1.82) is 0 Å². The number of carboxylic acids is 1. The lowest BCUT2D eigenvalue weighted by molar-refractivity contribution is -0.123. The molecule has 0 unspecified atom stereocenters. The largest absolute Gasteiger partial charge is 0.478 e. The van der Waals surface area contributed by atoms with Crippen LogP contribution in [0.2, 0.25) is 0 Å². The lowest BCUT2D eigenvalue weighted by Crippen LogP contribution is -2.30. The third kappa shape index (κ3) is 3.86. The molecule has 0 bridgehead atoms. The molecular formula is C23H18N2O5. The van der Waals surface area contributed by atoms with E-state index in [4.69, 9.17) is 9.52 Å². The monoisotopic (exact) mass is 402 g/mol. The Labute approximate surface area is 172 Å². The van der Waals surface area contributed by atoms with Gasteiger partial charge in [-0.25, -0.2) is 9.59 Å². The molecular weight excluding hydrogens is 384 g/mol. The molecule has 0 radical (unpaired) electrons. The number of benzene rings is 2. The van der Waals surface area contributed by atoms with Crippen molar-refractivity contribution >= 4 is 24.0 Å². The number of hydrogen-bond donors (Lipinski definition) is 2. The van der Waals surface area contributed by atoms with Crippen molar-refractivity contribution in [3.63, 3.8) is 0 Å². The maximum atomic E-state index is 12.6. The second-order valence-corrected chi connectivity index (χ2v) is 6.95. The Morgan fingerprint density at radius 1 is 1.03 bits per heavy atom. The summed E-state index contributed by atoms with van der Waals surface area (Å²) in [7, 11) is 0. The number of rotatable bonds is 5. The normalized spacial score (nSPS) is 15.0. The first-order valence-corrected chi connectivity index (χ1v) is 9.24. The summed E-state index contributed by atoms with van der Waals surface area (Å²) in [4.78, 5) is 37.0. The van der Waals surface area contributed by atoms with Crippen LogP contribution in [0.25, 0.3) is 17.4 Å². The molecule has 1 saturated heterocycles. The van der Waals surface area contributed by atoms with Gasteiger partial charge in [-0.3, -0.25) is 9.69 Å². The Balaban J connectivity index is 1.51. The molecule has 0 aliphatic carbocycles. The molecule has 3 aromatic rings. The van der Waals surface area contributed by atoms with Gasteiger partial charge in [-0.15, -0.1) is 0 Å². The zero-order valence-electron chi connectivity index (χ0n) is 16.1. The highest BCUT2D eigenvalue weighted by atomic mass is 16.4. The Hall–Kier alpha value is -4.13. The third-order valence-electron chi connectivity index (χ3n) is 4.75. The van der Waals surface area contributed by atoms with Crippen LogP contribution in [0.3, 0.4) is 0 Å². The SMILES string of the molecule is Cc1ccc(CN2C(=O)N/C(=C/c3ccc(-c4ccc(C(=O)O)cc4)o3)C2=O)cc1. The minimum atomic E-state index is -1.00. The number of urea groups is 1. The zero-order valence-corrected chi connectivity index (χ0v) is 16.1. The van der Waals surface area contributed by atoms with Crippen LogP contribution in [-0.2, 0) is 11.3 Å². The van der Waals surface area contributed by atoms with Gasteiger partial charge in [-0.2, -0.15) is 0 Å². The molecule has 7 heteroatoms. The molecule has 2 N–H and O–H groups in total. The molecule has 1 aromatic heterocycles. The molecule has 3 amide bonds. The van der Waals surface area contributed by atoms with E-state index in [2.05, 4.69) is 5.32 Å². The maximum Gasteiger partial charge on any atom is 0.335 e. The number of carbonyl (C=O) groups is 3. The number of nitrogens with zero attached hydrogens (tertiary/aromatic N) is 1. The van der Waals surface area contributed by atoms with E-state index in [1.54, 1.807) is 24.3 Å². The average molecular weight is 402 g/mol. The van der Waals surface area contributed by atoms with Crippen molar-refractivity contribution in [3.05, 3.63) is 88.8 Å². The number of furan rings is 1. The van der Waals surface area contributed by atoms with Crippen LogP contribution in [0.15, 0.2) is 70.8 Å². The zero-order chi connectivity index (χ0) is 21.3. The molecule has 0 atom stereocenters. The van der Waals surface area contributed by atoms with E-state index in [9.17, 15) is 14.4 Å². The Kier molecular flexibility index (Phi) is 4.93. The lowest BCUT2D eigenvalue weighted by atomic mass is 10.1. The summed E-state index contributed by atoms with van der Waals surface area (Å²) < 4.78 is 5.74. The van der Waals surface area contributed by atoms with E-state index in [0.29, 0.717) is 17.1 Å². The number of carbonyl (C=O) groups excluding carboxylic acids is 2. The number of aromatic carboxylic acids is 1. The molecule has 1 aliphatic rings. The van der Waals surface area contributed by atoms with Gasteiger partial charge in [0, 0.05) is 11.6 Å². The van der Waals surface area contributed by atoms with Crippen LogP contribution >= 0.6 is 0 Å². The summed E-state index contributed by atoms with van der Waals surface area (Å²) in [5, 5.41) is 11.6. The van der Waals surface area contributed by atoms with Crippen molar-refractivity contribution < 1.29 is 23.9 Å². The summed E-state index contributed by atoms with van der Waals surface area (Å²) >= 11 is 0. The quantitative estimate of drug-likeness (QED) is 0.495. The van der Waals surface area contributed by atoms with Crippen LogP contribution in [0, 0.1) is 6.92 Å². The molecule has 0 saturated carbocycles. The minimum absolute atomic E-state index is 0.134. The van der Waals surface area contributed by atoms with Gasteiger partial charge in [0.05, 0.1) is 12.1 Å². The van der Waals surface area contributed by atoms with Crippen molar-refractivity contribution in [2.45, 2.75) is 13.5 Å². The number of carboxylic acid groups (broad SMARTS) is 1. The molecule has 150 valence electrons. The summed E-state index contributed by atoms with van der Waals surface area (Å²) in [5.74, 6) is -0.512. The van der Waals surface area contributed by atoms with Crippen LogP contribution in [0.4, 0.5) is 4.79 Å². The lowest BCUT2D eigenvalue weighted by Gasteiger charge is -2.11. The van der Waals surface area contributed by atoms with Gasteiger partial charge >= 0.3 is 12.0 Å². The fourth-order valence-electron chi connectivity index (χ4n) is 3.10. The topological polar surface area (TPSA) is 99.8 Å². The highest BCUT2D eigenvalue weighted by Gasteiger charge is 2.33. The number of nitrogens with one attached hydrogen (secondary N) is 1. The molecule has 1 fully saturated rings. The van der Waals surface area contributed by atoms with Crippen molar-refractivity contribution in [1.82, 2.24) is 10.2 Å². The number of imide groups is 1. The predicted molar refractivity (Wildman–Crippen MR) is 109 cm³/mol. The summed E-state index contributed by atoms with van der Waals surface area (Å²) in [6.07, 6.45) is 1.48. The Bertz CT molecular complexity index is 1160. The smallest absolute Gasteiger partial charge is 0.335 e. The first kappa shape index (κ1) is 19.2. The summed E-state index contributed by atoms with van der Waals surface area (Å²) in [5.41, 5.74) is 2.97. The molecule has 1 aliphatic heterocycles. The highest BCUT2D eigenvalue weighted by Crippen LogP contribution is 2.25. The maximum absolute atomic E-state index is 12.6. The Morgan fingerprint density at radius 2 is 1.73 bits per heavy atom. The molecule has 4 rings (SSSR count). The summed E-state index contributed by atoms with van der Waals surface area (Å²) in [6.45, 7) is 2.15. The van der Waals surface area contributed by atoms with E-state index in [0.717, 1.165) is 16.0 Å². The summed E-state index contributed by atoms with van der Waals surface area (Å²) in [6, 6.07) is 16.8. The average Bonchev–Trinajstić information content (AvgIpc) is 3.30. The van der Waals surface area contributed by atoms with Crippen molar-refractivity contribution in [3.8, 4) is 11.3 Å². The second-order valence-electron chi connectivity index (χ2n) is 6.95. The van der Waals surface area contributed by atoms with Crippen molar-refractivity contribution in [2.75, 3.05) is 0 Å². The standard InChI is InChI=1S/C23H18N2O5/c1-14-2-4-15(5-3-14)13-25-21(26)19(24-23(25)29)12-18-10-11-20(30-18)16-6-8-17(9-7-16)22(27)28/h2-12H,13H2,1H3,(H,24,29)(H,27,28)/b19-12+. The number of amides is 3. The fraction of sp³-hybridized carbons (Fsp3) is 0.0870. The third-order valence-corrected chi connectivity index (χ3v) is 4.75. The highest BCUT2D eigenvalue weighted by molar-refractivity contribution is 6.13. The number of aryl methyl sites for hydroxylation is 1. The number of hydrogen-bond acceptors (Lipinski definition) is 4. The fourth-order valence-corrected chi connectivity index (χ4v) is 3.10. The first-order chi connectivity index (χ1) is 14.4. The first-order valence-electron chi connectivity index (χ1n) is 9.24. The van der Waals surface area contributed by atoms with E-state index in [-0.39, 0.29) is 17.8 Å². The van der Waals surface area contributed by atoms with Gasteiger partial charge in [0.25, 0.3) is 5.91 Å². The molecule has 0 spiro atoms. The Morgan fingerprint density at radius 3 is 2.40 bits per heavy atom. The van der Waals surface area contributed by atoms with Gasteiger partial charge in [0.2, 0.25) is 0 Å². The van der Waals surface area contributed by atoms with E-state index < -0.39 is 17.9 Å². The van der Waals surface area contributed by atoms with Crippen LogP contribution in [0.5, 0.6) is 0 Å². The molecule has 7 nitrogen and oxygen atoms in total. The van der Waals surface area contributed by atoms with Crippen LogP contribution in [0.1, 0.15) is 27.2 Å². The second kappa shape index (κ2) is 7.71. The van der Waals surface area contributed by atoms with E-state index in [1.807, 2.05) is 31.2 Å². The van der Waals surface area contributed by atoms with Gasteiger partial charge < -0.3 is 14.8 Å². The van der Waals surface area contributed by atoms with E-state index in [1.165, 1.54) is 18.2 Å². The van der Waals surface area contributed by atoms with E-state index >= 15 is 0 Å². The molecule has 2 heterocycles.